The maximum atomic E-state index is 12.3. The normalized spacial score (nSPS) is 16.7. The Kier molecular flexibility index (Phi) is 5.90. The zero-order chi connectivity index (χ0) is 17.5. The molecule has 1 heterocycles. The van der Waals surface area contributed by atoms with Crippen molar-refractivity contribution in [2.45, 2.75) is 25.7 Å². The molecule has 132 valence electrons. The highest BCUT2D eigenvalue weighted by Gasteiger charge is 2.26. The van der Waals surface area contributed by atoms with Crippen molar-refractivity contribution >= 4 is 6.03 Å². The number of urea groups is 1. The fraction of sp³-hybridized carbons (Fsp3) is 0.350. The Hall–Kier alpha value is -2.53. The molecule has 2 aromatic carbocycles. The van der Waals surface area contributed by atoms with Crippen LogP contribution in [0, 0.1) is 0 Å². The molecule has 1 atom stereocenters. The van der Waals surface area contributed by atoms with Gasteiger partial charge in [-0.3, -0.25) is 0 Å². The van der Waals surface area contributed by atoms with Gasteiger partial charge in [-0.25, -0.2) is 4.79 Å². The molecule has 1 saturated heterocycles. The SMILES string of the molecule is COc1ccc(CNC(=O)N2CCC(OCc3ccccc3)C2)cc1. The van der Waals surface area contributed by atoms with Crippen molar-refractivity contribution in [3.63, 3.8) is 0 Å². The van der Waals surface area contributed by atoms with Crippen molar-refractivity contribution in [1.82, 2.24) is 10.2 Å². The summed E-state index contributed by atoms with van der Waals surface area (Å²) in [6.07, 6.45) is 0.981. The highest BCUT2D eigenvalue weighted by molar-refractivity contribution is 5.74. The largest absolute Gasteiger partial charge is 0.497 e. The van der Waals surface area contributed by atoms with Gasteiger partial charge in [0.2, 0.25) is 0 Å². The van der Waals surface area contributed by atoms with Crippen LogP contribution < -0.4 is 10.1 Å². The molecule has 25 heavy (non-hydrogen) atoms. The van der Waals surface area contributed by atoms with Gasteiger partial charge in [-0.05, 0) is 29.7 Å². The second-order valence-corrected chi connectivity index (χ2v) is 6.16. The number of ether oxygens (including phenoxy) is 2. The summed E-state index contributed by atoms with van der Waals surface area (Å²) in [4.78, 5) is 14.1. The van der Waals surface area contributed by atoms with E-state index in [9.17, 15) is 4.79 Å². The van der Waals surface area contributed by atoms with Gasteiger partial charge < -0.3 is 19.7 Å². The standard InChI is InChI=1S/C20H24N2O3/c1-24-18-9-7-16(8-10-18)13-21-20(23)22-12-11-19(14-22)25-15-17-5-3-2-4-6-17/h2-10,19H,11-15H2,1H3,(H,21,23). The lowest BCUT2D eigenvalue weighted by Gasteiger charge is -2.17. The molecule has 0 radical (unpaired) electrons. The molecule has 0 bridgehead atoms. The molecular formula is C20H24N2O3. The molecule has 1 unspecified atom stereocenters. The summed E-state index contributed by atoms with van der Waals surface area (Å²) in [6.45, 7) is 2.47. The van der Waals surface area contributed by atoms with Gasteiger partial charge in [0.15, 0.2) is 0 Å². The van der Waals surface area contributed by atoms with Crippen LogP contribution in [0.3, 0.4) is 0 Å². The lowest BCUT2D eigenvalue weighted by atomic mass is 10.2. The number of methoxy groups -OCH3 is 1. The Morgan fingerprint density at radius 3 is 2.60 bits per heavy atom. The number of amides is 2. The maximum Gasteiger partial charge on any atom is 0.317 e. The van der Waals surface area contributed by atoms with E-state index in [0.717, 1.165) is 29.8 Å². The molecule has 1 aliphatic rings. The van der Waals surface area contributed by atoms with E-state index < -0.39 is 0 Å². The minimum Gasteiger partial charge on any atom is -0.497 e. The molecular weight excluding hydrogens is 316 g/mol. The predicted octanol–water partition coefficient (Wildman–Crippen LogP) is 3.20. The number of nitrogens with zero attached hydrogens (tertiary/aromatic N) is 1. The predicted molar refractivity (Wildman–Crippen MR) is 96.4 cm³/mol. The molecule has 1 fully saturated rings. The molecule has 2 amide bonds. The van der Waals surface area contributed by atoms with Crippen molar-refractivity contribution in [1.29, 1.82) is 0 Å². The minimum absolute atomic E-state index is 0.0402. The number of benzene rings is 2. The van der Waals surface area contributed by atoms with Crippen LogP contribution in [-0.4, -0.2) is 37.2 Å². The quantitative estimate of drug-likeness (QED) is 0.878. The molecule has 0 aromatic heterocycles. The average Bonchev–Trinajstić information content (AvgIpc) is 3.15. The van der Waals surface area contributed by atoms with E-state index in [1.54, 1.807) is 7.11 Å². The van der Waals surface area contributed by atoms with Crippen LogP contribution in [0.25, 0.3) is 0 Å². The van der Waals surface area contributed by atoms with Crippen molar-refractivity contribution in [2.75, 3.05) is 20.2 Å². The molecule has 0 aliphatic carbocycles. The summed E-state index contributed by atoms with van der Waals surface area (Å²) in [5.74, 6) is 0.813. The Balaban J connectivity index is 1.41. The van der Waals surface area contributed by atoms with E-state index in [2.05, 4.69) is 5.32 Å². The molecule has 1 N–H and O–H groups in total. The fourth-order valence-electron chi connectivity index (χ4n) is 2.87. The third-order valence-corrected chi connectivity index (χ3v) is 4.36. The zero-order valence-corrected chi connectivity index (χ0v) is 14.5. The maximum absolute atomic E-state index is 12.3. The highest BCUT2D eigenvalue weighted by atomic mass is 16.5. The number of carbonyl (C=O) groups excluding carboxylic acids is 1. The topological polar surface area (TPSA) is 50.8 Å². The Morgan fingerprint density at radius 2 is 1.88 bits per heavy atom. The summed E-state index contributed by atoms with van der Waals surface area (Å²) < 4.78 is 11.1. The summed E-state index contributed by atoms with van der Waals surface area (Å²) in [6, 6.07) is 17.8. The first-order valence-electron chi connectivity index (χ1n) is 8.56. The van der Waals surface area contributed by atoms with Crippen molar-refractivity contribution < 1.29 is 14.3 Å². The smallest absolute Gasteiger partial charge is 0.317 e. The van der Waals surface area contributed by atoms with E-state index in [-0.39, 0.29) is 12.1 Å². The second kappa shape index (κ2) is 8.53. The van der Waals surface area contributed by atoms with Gasteiger partial charge in [-0.1, -0.05) is 42.5 Å². The molecule has 2 aromatic rings. The van der Waals surface area contributed by atoms with Crippen LogP contribution in [0.1, 0.15) is 17.5 Å². The number of likely N-dealkylation sites (tertiary alicyclic amines) is 1. The number of carbonyl (C=O) groups is 1. The van der Waals surface area contributed by atoms with Crippen LogP contribution in [0.15, 0.2) is 54.6 Å². The first-order valence-corrected chi connectivity index (χ1v) is 8.56. The van der Waals surface area contributed by atoms with Crippen LogP contribution in [0.2, 0.25) is 0 Å². The van der Waals surface area contributed by atoms with Gasteiger partial charge in [0.25, 0.3) is 0 Å². The zero-order valence-electron chi connectivity index (χ0n) is 14.5. The lowest BCUT2D eigenvalue weighted by Crippen LogP contribution is -2.38. The van der Waals surface area contributed by atoms with Crippen LogP contribution in [0.4, 0.5) is 4.79 Å². The summed E-state index contributed by atoms with van der Waals surface area (Å²) in [5, 5.41) is 2.96. The van der Waals surface area contributed by atoms with Gasteiger partial charge in [0.1, 0.15) is 5.75 Å². The molecule has 5 heteroatoms. The van der Waals surface area contributed by atoms with Crippen molar-refractivity contribution in [3.05, 3.63) is 65.7 Å². The highest BCUT2D eigenvalue weighted by Crippen LogP contribution is 2.15. The molecule has 3 rings (SSSR count). The Bertz CT molecular complexity index is 673. The van der Waals surface area contributed by atoms with Crippen molar-refractivity contribution in [2.24, 2.45) is 0 Å². The van der Waals surface area contributed by atoms with Gasteiger partial charge >= 0.3 is 6.03 Å². The molecule has 5 nitrogen and oxygen atoms in total. The summed E-state index contributed by atoms with van der Waals surface area (Å²) in [7, 11) is 1.64. The second-order valence-electron chi connectivity index (χ2n) is 6.16. The number of hydrogen-bond donors (Lipinski definition) is 1. The number of nitrogens with one attached hydrogen (secondary N) is 1. The van der Waals surface area contributed by atoms with Crippen molar-refractivity contribution in [3.8, 4) is 5.75 Å². The minimum atomic E-state index is -0.0402. The average molecular weight is 340 g/mol. The van der Waals surface area contributed by atoms with E-state index in [4.69, 9.17) is 9.47 Å². The lowest BCUT2D eigenvalue weighted by molar-refractivity contribution is 0.0487. The van der Waals surface area contributed by atoms with Crippen LogP contribution >= 0.6 is 0 Å². The van der Waals surface area contributed by atoms with Crippen LogP contribution in [-0.2, 0) is 17.9 Å². The summed E-state index contributed by atoms with van der Waals surface area (Å²) >= 11 is 0. The van der Waals surface area contributed by atoms with Gasteiger partial charge in [-0.15, -0.1) is 0 Å². The van der Waals surface area contributed by atoms with E-state index in [0.29, 0.717) is 19.7 Å². The number of rotatable bonds is 6. The fourth-order valence-corrected chi connectivity index (χ4v) is 2.87. The molecule has 0 saturated carbocycles. The monoisotopic (exact) mass is 340 g/mol. The Morgan fingerprint density at radius 1 is 1.12 bits per heavy atom. The van der Waals surface area contributed by atoms with Gasteiger partial charge in [0, 0.05) is 19.6 Å². The first-order chi connectivity index (χ1) is 12.2. The van der Waals surface area contributed by atoms with E-state index in [1.165, 1.54) is 0 Å². The summed E-state index contributed by atoms with van der Waals surface area (Å²) in [5.41, 5.74) is 2.20. The molecule has 1 aliphatic heterocycles. The van der Waals surface area contributed by atoms with Gasteiger partial charge in [-0.2, -0.15) is 0 Å². The third-order valence-electron chi connectivity index (χ3n) is 4.36. The van der Waals surface area contributed by atoms with E-state index in [1.807, 2.05) is 59.5 Å². The number of hydrogen-bond acceptors (Lipinski definition) is 3. The molecule has 0 spiro atoms. The van der Waals surface area contributed by atoms with E-state index >= 15 is 0 Å². The van der Waals surface area contributed by atoms with Crippen LogP contribution in [0.5, 0.6) is 5.75 Å². The first kappa shape index (κ1) is 17.3. The van der Waals surface area contributed by atoms with Gasteiger partial charge in [0.05, 0.1) is 19.8 Å². The third kappa shape index (κ3) is 4.97. The Labute approximate surface area is 148 Å².